The number of hydrogen-bond acceptors (Lipinski definition) is 3. The van der Waals surface area contributed by atoms with Crippen LogP contribution >= 0.6 is 38.2 Å². The van der Waals surface area contributed by atoms with Crippen molar-refractivity contribution in [3.05, 3.63) is 21.6 Å². The Bertz CT molecular complexity index is 601. The second-order valence-electron chi connectivity index (χ2n) is 6.02. The zero-order valence-corrected chi connectivity index (χ0v) is 16.8. The Hall–Kier alpha value is 0.247. The van der Waals surface area contributed by atoms with Crippen molar-refractivity contribution in [2.75, 3.05) is 0 Å². The third-order valence-electron chi connectivity index (χ3n) is 3.42. The molecule has 0 unspecified atom stereocenters. The van der Waals surface area contributed by atoms with E-state index in [1.54, 1.807) is 0 Å². The van der Waals surface area contributed by atoms with Gasteiger partial charge in [0.2, 0.25) is 0 Å². The Morgan fingerprint density at radius 2 is 1.75 bits per heavy atom. The molecule has 0 saturated carbocycles. The molecule has 20 heavy (non-hydrogen) atoms. The number of benzene rings is 1. The first-order chi connectivity index (χ1) is 8.75. The van der Waals surface area contributed by atoms with Crippen molar-refractivity contribution in [1.82, 2.24) is 0 Å². The molecule has 0 fully saturated rings. The maximum absolute atomic E-state index is 11.3. The lowest BCUT2D eigenvalue weighted by atomic mass is 10.2. The number of halogens is 3. The molecule has 1 rings (SSSR count). The minimum Gasteiger partial charge on any atom is -0.542 e. The summed E-state index contributed by atoms with van der Waals surface area (Å²) in [4.78, 5) is -0.0568. The quantitative estimate of drug-likeness (QED) is 0.485. The Labute approximate surface area is 139 Å². The molecular formula is C12H17BrCl2O3SSi. The van der Waals surface area contributed by atoms with Crippen molar-refractivity contribution in [3.8, 4) is 5.75 Å². The van der Waals surface area contributed by atoms with Gasteiger partial charge in [-0.25, -0.2) is 8.42 Å². The van der Waals surface area contributed by atoms with Crippen molar-refractivity contribution < 1.29 is 12.8 Å². The van der Waals surface area contributed by atoms with Crippen LogP contribution in [0.4, 0.5) is 0 Å². The third kappa shape index (κ3) is 4.13. The highest BCUT2D eigenvalue weighted by molar-refractivity contribution is 9.10. The first kappa shape index (κ1) is 18.3. The molecule has 0 aliphatic carbocycles. The van der Waals surface area contributed by atoms with E-state index in [9.17, 15) is 8.42 Å². The van der Waals surface area contributed by atoms with Crippen LogP contribution in [0, 0.1) is 0 Å². The predicted molar refractivity (Wildman–Crippen MR) is 90.0 cm³/mol. The summed E-state index contributed by atoms with van der Waals surface area (Å²) in [6.07, 6.45) is 0. The van der Waals surface area contributed by atoms with Crippen molar-refractivity contribution >= 4 is 55.6 Å². The van der Waals surface area contributed by atoms with Gasteiger partial charge in [0.05, 0.1) is 14.4 Å². The topological polar surface area (TPSA) is 43.4 Å². The average Bonchev–Trinajstić information content (AvgIpc) is 2.20. The Balaban J connectivity index is 3.30. The molecule has 3 nitrogen and oxygen atoms in total. The van der Waals surface area contributed by atoms with Gasteiger partial charge in [0, 0.05) is 10.7 Å². The van der Waals surface area contributed by atoms with Gasteiger partial charge in [-0.3, -0.25) is 0 Å². The monoisotopic (exact) mass is 418 g/mol. The fraction of sp³-hybridized carbons (Fsp3) is 0.500. The Kier molecular flexibility index (Phi) is 5.30. The fourth-order valence-electron chi connectivity index (χ4n) is 1.18. The largest absolute Gasteiger partial charge is 0.542 e. The molecule has 0 amide bonds. The molecule has 1 aromatic carbocycles. The van der Waals surface area contributed by atoms with Gasteiger partial charge in [-0.1, -0.05) is 32.4 Å². The van der Waals surface area contributed by atoms with Crippen molar-refractivity contribution in [2.45, 2.75) is 43.8 Å². The summed E-state index contributed by atoms with van der Waals surface area (Å²) in [5.41, 5.74) is 0. The molecule has 0 heterocycles. The molecule has 0 aliphatic rings. The molecule has 114 valence electrons. The van der Waals surface area contributed by atoms with E-state index in [0.717, 1.165) is 0 Å². The van der Waals surface area contributed by atoms with Crippen LogP contribution in [0.5, 0.6) is 5.75 Å². The average molecular weight is 420 g/mol. The number of hydrogen-bond donors (Lipinski definition) is 0. The molecule has 0 spiro atoms. The maximum atomic E-state index is 11.3. The summed E-state index contributed by atoms with van der Waals surface area (Å²) >= 11 is 9.44. The molecule has 8 heteroatoms. The van der Waals surface area contributed by atoms with Gasteiger partial charge in [-0.05, 0) is 46.2 Å². The van der Waals surface area contributed by atoms with Gasteiger partial charge in [0.15, 0.2) is 0 Å². The highest BCUT2D eigenvalue weighted by atomic mass is 79.9. The van der Waals surface area contributed by atoms with Crippen LogP contribution < -0.4 is 4.43 Å². The molecule has 0 aliphatic heterocycles. The molecule has 0 N–H and O–H groups in total. The Morgan fingerprint density at radius 3 is 2.10 bits per heavy atom. The van der Waals surface area contributed by atoms with Gasteiger partial charge in [-0.15, -0.1) is 0 Å². The molecule has 0 aromatic heterocycles. The standard InChI is InChI=1S/C12H17BrCl2O3SSi/c1-12(2,3)20(4,5)18-11-9(13)6-8(7-10(11)14)19(15,16)17/h6-7H,1-5H3. The lowest BCUT2D eigenvalue weighted by Crippen LogP contribution is -2.44. The normalized spacial score (nSPS) is 13.4. The molecule has 0 radical (unpaired) electrons. The minimum atomic E-state index is -3.82. The number of rotatable bonds is 3. The van der Waals surface area contributed by atoms with Gasteiger partial charge < -0.3 is 4.43 Å². The van der Waals surface area contributed by atoms with E-state index in [4.69, 9.17) is 26.7 Å². The van der Waals surface area contributed by atoms with E-state index in [1.165, 1.54) is 12.1 Å². The lowest BCUT2D eigenvalue weighted by Gasteiger charge is -2.37. The highest BCUT2D eigenvalue weighted by Gasteiger charge is 2.39. The summed E-state index contributed by atoms with van der Waals surface area (Å²) < 4.78 is 29.3. The highest BCUT2D eigenvalue weighted by Crippen LogP contribution is 2.43. The van der Waals surface area contributed by atoms with E-state index in [1.807, 2.05) is 0 Å². The van der Waals surface area contributed by atoms with Crippen LogP contribution in [-0.2, 0) is 9.05 Å². The zero-order valence-electron chi connectivity index (χ0n) is 11.9. The van der Waals surface area contributed by atoms with Crippen LogP contribution in [0.2, 0.25) is 23.2 Å². The van der Waals surface area contributed by atoms with Gasteiger partial charge >= 0.3 is 0 Å². The Morgan fingerprint density at radius 1 is 1.25 bits per heavy atom. The van der Waals surface area contributed by atoms with Crippen LogP contribution in [0.25, 0.3) is 0 Å². The van der Waals surface area contributed by atoms with Crippen LogP contribution in [0.15, 0.2) is 21.5 Å². The first-order valence-corrected chi connectivity index (χ1v) is 12.3. The summed E-state index contributed by atoms with van der Waals surface area (Å²) in [5.74, 6) is 0.460. The zero-order chi connectivity index (χ0) is 15.9. The summed E-state index contributed by atoms with van der Waals surface area (Å²) in [5, 5.41) is 0.232. The van der Waals surface area contributed by atoms with E-state index in [-0.39, 0.29) is 15.0 Å². The van der Waals surface area contributed by atoms with Crippen LogP contribution in [0.1, 0.15) is 20.8 Å². The summed E-state index contributed by atoms with van der Waals surface area (Å²) in [6, 6.07) is 2.70. The smallest absolute Gasteiger partial charge is 0.261 e. The molecule has 1 aromatic rings. The molecule has 0 saturated heterocycles. The fourth-order valence-corrected chi connectivity index (χ4v) is 4.35. The second kappa shape index (κ2) is 5.80. The molecule has 0 atom stereocenters. The van der Waals surface area contributed by atoms with E-state index >= 15 is 0 Å². The predicted octanol–water partition coefficient (Wildman–Crippen LogP) is 5.41. The maximum Gasteiger partial charge on any atom is 0.261 e. The van der Waals surface area contributed by atoms with E-state index in [0.29, 0.717) is 10.2 Å². The van der Waals surface area contributed by atoms with Gasteiger partial charge in [0.1, 0.15) is 5.75 Å². The van der Waals surface area contributed by atoms with Crippen molar-refractivity contribution in [2.24, 2.45) is 0 Å². The SMILES string of the molecule is CC(C)(C)[Si](C)(C)Oc1c(Cl)cc(S(=O)(=O)Cl)cc1Br. The first-order valence-electron chi connectivity index (χ1n) is 5.88. The molecular weight excluding hydrogens is 403 g/mol. The van der Waals surface area contributed by atoms with Crippen molar-refractivity contribution in [3.63, 3.8) is 0 Å². The van der Waals surface area contributed by atoms with Gasteiger partial charge in [0.25, 0.3) is 17.4 Å². The third-order valence-corrected chi connectivity index (χ3v) is 9.95. The second-order valence-corrected chi connectivity index (χ2v) is 14.6. The minimum absolute atomic E-state index is 0.00695. The van der Waals surface area contributed by atoms with Crippen LogP contribution in [-0.4, -0.2) is 16.7 Å². The van der Waals surface area contributed by atoms with Gasteiger partial charge in [-0.2, -0.15) is 0 Å². The van der Waals surface area contributed by atoms with E-state index < -0.39 is 17.4 Å². The van der Waals surface area contributed by atoms with Crippen LogP contribution in [0.3, 0.4) is 0 Å². The van der Waals surface area contributed by atoms with Crippen molar-refractivity contribution in [1.29, 1.82) is 0 Å². The molecule has 0 bridgehead atoms. The lowest BCUT2D eigenvalue weighted by molar-refractivity contribution is 0.489. The van der Waals surface area contributed by atoms with E-state index in [2.05, 4.69) is 49.8 Å². The summed E-state index contributed by atoms with van der Waals surface area (Å²) in [7, 11) is -0.571. The summed E-state index contributed by atoms with van der Waals surface area (Å²) in [6.45, 7) is 10.5.